The SMILES string of the molecule is CC(C)NCc1cccc(N2C(=O)C3CC3C2=O)c1. The van der Waals surface area contributed by atoms with E-state index in [1.807, 2.05) is 24.3 Å². The van der Waals surface area contributed by atoms with E-state index in [2.05, 4.69) is 19.2 Å². The zero-order chi connectivity index (χ0) is 13.6. The van der Waals surface area contributed by atoms with Gasteiger partial charge in [-0.15, -0.1) is 0 Å². The maximum Gasteiger partial charge on any atom is 0.237 e. The number of rotatable bonds is 4. The van der Waals surface area contributed by atoms with Crippen LogP contribution in [0.5, 0.6) is 0 Å². The Morgan fingerprint density at radius 3 is 2.58 bits per heavy atom. The number of amides is 2. The van der Waals surface area contributed by atoms with E-state index in [-0.39, 0.29) is 23.7 Å². The molecule has 2 fully saturated rings. The zero-order valence-corrected chi connectivity index (χ0v) is 11.2. The Bertz CT molecular complexity index is 519. The van der Waals surface area contributed by atoms with Crippen LogP contribution in [0.3, 0.4) is 0 Å². The number of hydrogen-bond donors (Lipinski definition) is 1. The van der Waals surface area contributed by atoms with Gasteiger partial charge in [-0.3, -0.25) is 14.5 Å². The number of benzene rings is 1. The van der Waals surface area contributed by atoms with Crippen molar-refractivity contribution in [2.75, 3.05) is 4.90 Å². The summed E-state index contributed by atoms with van der Waals surface area (Å²) in [7, 11) is 0. The molecule has 0 radical (unpaired) electrons. The first kappa shape index (κ1) is 12.4. The van der Waals surface area contributed by atoms with Gasteiger partial charge in [0.2, 0.25) is 11.8 Å². The quantitative estimate of drug-likeness (QED) is 0.836. The molecule has 0 bridgehead atoms. The third-order valence-corrected chi connectivity index (χ3v) is 3.75. The largest absolute Gasteiger partial charge is 0.310 e. The predicted molar refractivity (Wildman–Crippen MR) is 72.5 cm³/mol. The highest BCUT2D eigenvalue weighted by Crippen LogP contribution is 2.48. The van der Waals surface area contributed by atoms with E-state index in [0.717, 1.165) is 18.5 Å². The predicted octanol–water partition coefficient (Wildman–Crippen LogP) is 1.69. The van der Waals surface area contributed by atoms with E-state index in [4.69, 9.17) is 0 Å². The minimum atomic E-state index is -0.0371. The van der Waals surface area contributed by atoms with Gasteiger partial charge in [0.25, 0.3) is 0 Å². The van der Waals surface area contributed by atoms with E-state index >= 15 is 0 Å². The third kappa shape index (κ3) is 2.16. The first-order valence-corrected chi connectivity index (χ1v) is 6.78. The van der Waals surface area contributed by atoms with Gasteiger partial charge in [-0.05, 0) is 24.1 Å². The Kier molecular flexibility index (Phi) is 2.90. The molecule has 1 aliphatic carbocycles. The number of hydrogen-bond acceptors (Lipinski definition) is 3. The van der Waals surface area contributed by atoms with E-state index in [9.17, 15) is 9.59 Å². The monoisotopic (exact) mass is 258 g/mol. The average molecular weight is 258 g/mol. The van der Waals surface area contributed by atoms with Crippen LogP contribution < -0.4 is 10.2 Å². The molecule has 1 saturated carbocycles. The fourth-order valence-electron chi connectivity index (χ4n) is 2.56. The smallest absolute Gasteiger partial charge is 0.237 e. The number of carbonyl (C=O) groups is 2. The van der Waals surface area contributed by atoms with Crippen LogP contribution in [0.1, 0.15) is 25.8 Å². The first-order chi connectivity index (χ1) is 9.08. The molecule has 1 heterocycles. The van der Waals surface area contributed by atoms with Crippen LogP contribution in [0.15, 0.2) is 24.3 Å². The zero-order valence-electron chi connectivity index (χ0n) is 11.2. The summed E-state index contributed by atoms with van der Waals surface area (Å²) in [6.45, 7) is 4.92. The molecule has 1 N–H and O–H groups in total. The number of carbonyl (C=O) groups excluding carboxylic acids is 2. The molecule has 4 heteroatoms. The van der Waals surface area contributed by atoms with E-state index in [1.54, 1.807) is 0 Å². The molecule has 2 atom stereocenters. The van der Waals surface area contributed by atoms with Crippen LogP contribution in [-0.4, -0.2) is 17.9 Å². The Labute approximate surface area is 112 Å². The van der Waals surface area contributed by atoms with Crippen molar-refractivity contribution in [3.63, 3.8) is 0 Å². The minimum Gasteiger partial charge on any atom is -0.310 e. The van der Waals surface area contributed by atoms with E-state index < -0.39 is 0 Å². The third-order valence-electron chi connectivity index (χ3n) is 3.75. The molecule has 0 spiro atoms. The molecule has 1 aliphatic heterocycles. The van der Waals surface area contributed by atoms with Gasteiger partial charge in [0.05, 0.1) is 17.5 Å². The molecule has 1 saturated heterocycles. The molecule has 1 aromatic carbocycles. The van der Waals surface area contributed by atoms with Crippen molar-refractivity contribution in [3.05, 3.63) is 29.8 Å². The summed E-state index contributed by atoms with van der Waals surface area (Å²) >= 11 is 0. The van der Waals surface area contributed by atoms with Gasteiger partial charge in [-0.25, -0.2) is 0 Å². The Morgan fingerprint density at radius 1 is 1.26 bits per heavy atom. The second-order valence-electron chi connectivity index (χ2n) is 5.67. The highest BCUT2D eigenvalue weighted by atomic mass is 16.2. The van der Waals surface area contributed by atoms with Gasteiger partial charge in [0.15, 0.2) is 0 Å². The van der Waals surface area contributed by atoms with Crippen molar-refractivity contribution in [1.82, 2.24) is 5.32 Å². The van der Waals surface area contributed by atoms with Gasteiger partial charge in [-0.2, -0.15) is 0 Å². The number of piperidine rings is 1. The topological polar surface area (TPSA) is 49.4 Å². The molecule has 2 unspecified atom stereocenters. The number of fused-ring (bicyclic) bond motifs is 1. The molecule has 100 valence electrons. The number of nitrogens with one attached hydrogen (secondary N) is 1. The first-order valence-electron chi connectivity index (χ1n) is 6.78. The summed E-state index contributed by atoms with van der Waals surface area (Å²) in [4.78, 5) is 25.4. The van der Waals surface area contributed by atoms with Crippen LogP contribution in [0, 0.1) is 11.8 Å². The normalized spacial score (nSPS) is 25.1. The lowest BCUT2D eigenvalue weighted by molar-refractivity contribution is -0.123. The van der Waals surface area contributed by atoms with Crippen LogP contribution in [0.2, 0.25) is 0 Å². The molecule has 4 nitrogen and oxygen atoms in total. The molecule has 0 aromatic heterocycles. The number of nitrogens with zero attached hydrogens (tertiary/aromatic N) is 1. The fraction of sp³-hybridized carbons (Fsp3) is 0.467. The maximum atomic E-state index is 12.0. The maximum absolute atomic E-state index is 12.0. The Hall–Kier alpha value is -1.68. The Morgan fingerprint density at radius 2 is 1.95 bits per heavy atom. The van der Waals surface area contributed by atoms with Crippen molar-refractivity contribution in [3.8, 4) is 0 Å². The average Bonchev–Trinajstić information content (AvgIpc) is 3.12. The lowest BCUT2D eigenvalue weighted by Crippen LogP contribution is -2.32. The summed E-state index contributed by atoms with van der Waals surface area (Å²) in [6.07, 6.45) is 0.753. The molecule has 2 aliphatic rings. The van der Waals surface area contributed by atoms with Crippen LogP contribution in [-0.2, 0) is 16.1 Å². The van der Waals surface area contributed by atoms with Crippen LogP contribution in [0.25, 0.3) is 0 Å². The highest BCUT2D eigenvalue weighted by molar-refractivity contribution is 6.24. The molecule has 19 heavy (non-hydrogen) atoms. The van der Waals surface area contributed by atoms with Crippen LogP contribution >= 0.6 is 0 Å². The van der Waals surface area contributed by atoms with Gasteiger partial charge in [-0.1, -0.05) is 26.0 Å². The summed E-state index contributed by atoms with van der Waals surface area (Å²) in [5.74, 6) is -0.122. The van der Waals surface area contributed by atoms with Crippen molar-refractivity contribution in [2.45, 2.75) is 32.9 Å². The fourth-order valence-corrected chi connectivity index (χ4v) is 2.56. The summed E-state index contributed by atoms with van der Waals surface area (Å²) < 4.78 is 0. The molecular weight excluding hydrogens is 240 g/mol. The summed E-state index contributed by atoms with van der Waals surface area (Å²) in [6, 6.07) is 8.07. The molecular formula is C15H18N2O2. The van der Waals surface area contributed by atoms with Crippen molar-refractivity contribution >= 4 is 17.5 Å². The Balaban J connectivity index is 1.80. The van der Waals surface area contributed by atoms with Gasteiger partial charge >= 0.3 is 0 Å². The number of imide groups is 1. The van der Waals surface area contributed by atoms with Crippen molar-refractivity contribution in [1.29, 1.82) is 0 Å². The summed E-state index contributed by atoms with van der Waals surface area (Å²) in [5.41, 5.74) is 1.80. The second-order valence-corrected chi connectivity index (χ2v) is 5.67. The van der Waals surface area contributed by atoms with Crippen molar-refractivity contribution < 1.29 is 9.59 Å². The number of anilines is 1. The summed E-state index contributed by atoms with van der Waals surface area (Å²) in [5, 5.41) is 3.33. The molecule has 3 rings (SSSR count). The van der Waals surface area contributed by atoms with E-state index in [1.165, 1.54) is 4.90 Å². The lowest BCUT2D eigenvalue weighted by Gasteiger charge is -2.17. The standard InChI is InChI=1S/C15H18N2O2/c1-9(2)16-8-10-4-3-5-11(6-10)17-14(18)12-7-13(12)15(17)19/h3-6,9,12-13,16H,7-8H2,1-2H3. The van der Waals surface area contributed by atoms with Gasteiger partial charge in [0.1, 0.15) is 0 Å². The molecule has 2 amide bonds. The van der Waals surface area contributed by atoms with Crippen LogP contribution in [0.4, 0.5) is 5.69 Å². The molecule has 1 aromatic rings. The lowest BCUT2D eigenvalue weighted by atomic mass is 10.1. The van der Waals surface area contributed by atoms with Crippen molar-refractivity contribution in [2.24, 2.45) is 11.8 Å². The second kappa shape index (κ2) is 4.46. The highest BCUT2D eigenvalue weighted by Gasteiger charge is 2.59. The van der Waals surface area contributed by atoms with E-state index in [0.29, 0.717) is 11.7 Å². The minimum absolute atomic E-state index is 0.0241. The van der Waals surface area contributed by atoms with Gasteiger partial charge in [0, 0.05) is 12.6 Å². The van der Waals surface area contributed by atoms with Gasteiger partial charge < -0.3 is 5.32 Å².